The van der Waals surface area contributed by atoms with Crippen LogP contribution in [0.5, 0.6) is 0 Å². The van der Waals surface area contributed by atoms with E-state index in [1.165, 1.54) is 0 Å². The van der Waals surface area contributed by atoms with Gasteiger partial charge in [-0.05, 0) is 25.7 Å². The lowest BCUT2D eigenvalue weighted by molar-refractivity contribution is -0.159. The number of carbonyl (C=O) groups excluding carboxylic acids is 2. The maximum absolute atomic E-state index is 11.5. The van der Waals surface area contributed by atoms with Crippen molar-refractivity contribution >= 4 is 11.6 Å². The Morgan fingerprint density at radius 1 is 1.17 bits per heavy atom. The highest BCUT2D eigenvalue weighted by Crippen LogP contribution is 2.36. The van der Waals surface area contributed by atoms with Crippen molar-refractivity contribution in [2.45, 2.75) is 37.7 Å². The minimum Gasteiger partial charge on any atom is -0.359 e. The number of rotatable bonds is 0. The highest BCUT2D eigenvalue weighted by molar-refractivity contribution is 6.05. The smallest absolute Gasteiger partial charge is 0.172 e. The molecule has 0 atom stereocenters. The van der Waals surface area contributed by atoms with Crippen molar-refractivity contribution in [2.24, 2.45) is 0 Å². The molecule has 0 aromatic rings. The molecule has 0 unspecified atom stereocenters. The van der Waals surface area contributed by atoms with Crippen LogP contribution in [0.3, 0.4) is 0 Å². The normalized spacial score (nSPS) is 28.3. The summed E-state index contributed by atoms with van der Waals surface area (Å²) in [5.41, 5.74) is -0.548. The molecule has 2 aliphatic rings. The molecule has 0 aromatic carbocycles. The summed E-state index contributed by atoms with van der Waals surface area (Å²) in [4.78, 5) is 22.4. The maximum atomic E-state index is 11.5. The van der Waals surface area contributed by atoms with Gasteiger partial charge in [0, 0.05) is 0 Å². The van der Waals surface area contributed by atoms with Gasteiger partial charge in [0.2, 0.25) is 0 Å². The Hall–Kier alpha value is -0.700. The van der Waals surface area contributed by atoms with Crippen molar-refractivity contribution in [2.75, 3.05) is 6.61 Å². The molecule has 66 valence electrons. The van der Waals surface area contributed by atoms with Crippen LogP contribution in [0, 0.1) is 0 Å². The Bertz CT molecular complexity index is 226. The molecule has 2 fully saturated rings. The maximum Gasteiger partial charge on any atom is 0.172 e. The second-order valence-corrected chi connectivity index (χ2v) is 3.63. The van der Waals surface area contributed by atoms with E-state index in [0.29, 0.717) is 0 Å². The average Bonchev–Trinajstić information content (AvgIpc) is 2.48. The summed E-state index contributed by atoms with van der Waals surface area (Å²) >= 11 is 0. The Morgan fingerprint density at radius 2 is 1.83 bits per heavy atom. The van der Waals surface area contributed by atoms with Gasteiger partial charge in [-0.15, -0.1) is 0 Å². The van der Waals surface area contributed by atoms with Crippen molar-refractivity contribution < 1.29 is 14.3 Å². The van der Waals surface area contributed by atoms with Gasteiger partial charge in [-0.25, -0.2) is 0 Å². The minimum absolute atomic E-state index is 0.0104. The van der Waals surface area contributed by atoms with Crippen LogP contribution in [0.4, 0.5) is 0 Å². The van der Waals surface area contributed by atoms with E-state index in [2.05, 4.69) is 0 Å². The van der Waals surface area contributed by atoms with E-state index < -0.39 is 5.60 Å². The molecule has 0 amide bonds. The zero-order chi connectivity index (χ0) is 8.60. The lowest BCUT2D eigenvalue weighted by Gasteiger charge is -2.30. The predicted octanol–water partition coefficient (Wildman–Crippen LogP) is 0.858. The molecule has 0 bridgehead atoms. The molecule has 3 heteroatoms. The Balaban J connectivity index is 2.16. The Morgan fingerprint density at radius 3 is 2.42 bits per heavy atom. The predicted molar refractivity (Wildman–Crippen MR) is 41.8 cm³/mol. The summed E-state index contributed by atoms with van der Waals surface area (Å²) in [6, 6.07) is 0. The highest BCUT2D eigenvalue weighted by Gasteiger charge is 2.45. The van der Waals surface area contributed by atoms with Crippen molar-refractivity contribution in [3.8, 4) is 0 Å². The van der Waals surface area contributed by atoms with Gasteiger partial charge in [-0.3, -0.25) is 9.59 Å². The Kier molecular flexibility index (Phi) is 1.76. The van der Waals surface area contributed by atoms with Crippen LogP contribution < -0.4 is 0 Å². The van der Waals surface area contributed by atoms with Gasteiger partial charge in [-0.1, -0.05) is 0 Å². The van der Waals surface area contributed by atoms with E-state index in [0.717, 1.165) is 25.7 Å². The zero-order valence-corrected chi connectivity index (χ0v) is 6.97. The van der Waals surface area contributed by atoms with Gasteiger partial charge in [0.25, 0.3) is 0 Å². The summed E-state index contributed by atoms with van der Waals surface area (Å²) in [5.74, 6) is -0.0613. The largest absolute Gasteiger partial charge is 0.359 e. The van der Waals surface area contributed by atoms with Crippen molar-refractivity contribution in [3.63, 3.8) is 0 Å². The number of ketones is 2. The minimum atomic E-state index is -0.548. The molecule has 1 saturated carbocycles. The summed E-state index contributed by atoms with van der Waals surface area (Å²) < 4.78 is 5.35. The first kappa shape index (κ1) is 7.92. The van der Waals surface area contributed by atoms with E-state index in [9.17, 15) is 9.59 Å². The molecule has 12 heavy (non-hydrogen) atoms. The standard InChI is InChI=1S/C9H12O3/c10-7-5-8(11)9(12-6-7)3-1-2-4-9/h1-6H2. The fourth-order valence-electron chi connectivity index (χ4n) is 2.06. The third kappa shape index (κ3) is 1.08. The molecule has 0 aromatic heterocycles. The van der Waals surface area contributed by atoms with Gasteiger partial charge in [0.1, 0.15) is 12.2 Å². The summed E-state index contributed by atoms with van der Waals surface area (Å²) in [7, 11) is 0. The molecule has 1 saturated heterocycles. The van der Waals surface area contributed by atoms with Crippen LogP contribution in [-0.2, 0) is 14.3 Å². The van der Waals surface area contributed by atoms with Crippen molar-refractivity contribution in [1.82, 2.24) is 0 Å². The van der Waals surface area contributed by atoms with Crippen LogP contribution in [0.2, 0.25) is 0 Å². The van der Waals surface area contributed by atoms with E-state index in [1.54, 1.807) is 0 Å². The topological polar surface area (TPSA) is 43.4 Å². The number of hydrogen-bond acceptors (Lipinski definition) is 3. The van der Waals surface area contributed by atoms with Gasteiger partial charge in [0.05, 0.1) is 6.42 Å². The van der Waals surface area contributed by atoms with Crippen LogP contribution in [0.25, 0.3) is 0 Å². The summed E-state index contributed by atoms with van der Waals surface area (Å²) in [6.07, 6.45) is 3.85. The van der Waals surface area contributed by atoms with Crippen LogP contribution >= 0.6 is 0 Å². The molecule has 1 aliphatic heterocycles. The number of carbonyl (C=O) groups is 2. The monoisotopic (exact) mass is 168 g/mol. The lowest BCUT2D eigenvalue weighted by Crippen LogP contribution is -2.45. The van der Waals surface area contributed by atoms with Crippen molar-refractivity contribution in [1.29, 1.82) is 0 Å². The Labute approximate surface area is 71.1 Å². The molecule has 3 nitrogen and oxygen atoms in total. The van der Waals surface area contributed by atoms with Crippen LogP contribution in [-0.4, -0.2) is 23.8 Å². The molecule has 2 rings (SSSR count). The SMILES string of the molecule is O=C1COC2(CCCC2)C(=O)C1. The van der Waals surface area contributed by atoms with E-state index in [1.807, 2.05) is 0 Å². The third-order valence-corrected chi connectivity index (χ3v) is 2.79. The van der Waals surface area contributed by atoms with Gasteiger partial charge in [0.15, 0.2) is 11.6 Å². The van der Waals surface area contributed by atoms with Crippen molar-refractivity contribution in [3.05, 3.63) is 0 Å². The van der Waals surface area contributed by atoms with E-state index >= 15 is 0 Å². The fraction of sp³-hybridized carbons (Fsp3) is 0.778. The first-order valence-electron chi connectivity index (χ1n) is 4.42. The van der Waals surface area contributed by atoms with E-state index in [4.69, 9.17) is 4.74 Å². The van der Waals surface area contributed by atoms with E-state index in [-0.39, 0.29) is 24.6 Å². The number of hydrogen-bond donors (Lipinski definition) is 0. The second kappa shape index (κ2) is 2.66. The summed E-state index contributed by atoms with van der Waals surface area (Å²) in [5, 5.41) is 0. The molecule has 1 spiro atoms. The zero-order valence-electron chi connectivity index (χ0n) is 6.97. The molecule has 1 aliphatic carbocycles. The summed E-state index contributed by atoms with van der Waals surface area (Å²) in [6.45, 7) is 0.145. The third-order valence-electron chi connectivity index (χ3n) is 2.79. The fourth-order valence-corrected chi connectivity index (χ4v) is 2.06. The number of Topliss-reactive ketones (excluding diaryl/α,β-unsaturated/α-hetero) is 2. The lowest BCUT2D eigenvalue weighted by atomic mass is 9.90. The van der Waals surface area contributed by atoms with Gasteiger partial charge < -0.3 is 4.74 Å². The highest BCUT2D eigenvalue weighted by atomic mass is 16.5. The van der Waals surface area contributed by atoms with Gasteiger partial charge >= 0.3 is 0 Å². The molecular formula is C9H12O3. The first-order valence-corrected chi connectivity index (χ1v) is 4.42. The second-order valence-electron chi connectivity index (χ2n) is 3.63. The first-order chi connectivity index (χ1) is 5.73. The quantitative estimate of drug-likeness (QED) is 0.504. The molecular weight excluding hydrogens is 156 g/mol. The molecule has 0 N–H and O–H groups in total. The van der Waals surface area contributed by atoms with Gasteiger partial charge in [-0.2, -0.15) is 0 Å². The average molecular weight is 168 g/mol. The van der Waals surface area contributed by atoms with Crippen LogP contribution in [0.15, 0.2) is 0 Å². The number of ether oxygens (including phenoxy) is 1. The molecule has 0 radical (unpaired) electrons. The van der Waals surface area contributed by atoms with Crippen LogP contribution in [0.1, 0.15) is 32.1 Å². The molecule has 1 heterocycles.